The highest BCUT2D eigenvalue weighted by molar-refractivity contribution is 6.08. The van der Waals surface area contributed by atoms with Crippen LogP contribution >= 0.6 is 0 Å². The van der Waals surface area contributed by atoms with E-state index in [2.05, 4.69) is 34.4 Å². The Kier molecular flexibility index (Phi) is 4.84. The number of anilines is 3. The number of aromatic amines is 1. The second-order valence-corrected chi connectivity index (χ2v) is 9.60. The molecule has 1 fully saturated rings. The number of pyridine rings is 1. The minimum absolute atomic E-state index is 0.0562. The van der Waals surface area contributed by atoms with E-state index in [4.69, 9.17) is 0 Å². The van der Waals surface area contributed by atoms with Gasteiger partial charge in [0.25, 0.3) is 5.92 Å². The van der Waals surface area contributed by atoms with Gasteiger partial charge in [0.15, 0.2) is 5.78 Å². The number of H-pyrrole nitrogens is 1. The van der Waals surface area contributed by atoms with E-state index in [1.807, 2.05) is 30.3 Å². The Balaban J connectivity index is 1.54. The predicted molar refractivity (Wildman–Crippen MR) is 122 cm³/mol. The number of para-hydroxylation sites is 1. The quantitative estimate of drug-likeness (QED) is 0.474. The number of halogens is 2. The van der Waals surface area contributed by atoms with Gasteiger partial charge in [-0.2, -0.15) is 0 Å². The van der Waals surface area contributed by atoms with Gasteiger partial charge in [-0.05, 0) is 36.1 Å². The zero-order chi connectivity index (χ0) is 23.4. The number of hydrogen-bond acceptors (Lipinski definition) is 4. The topological polar surface area (TPSA) is 86.9 Å². The van der Waals surface area contributed by atoms with Crippen LogP contribution in [0, 0.1) is 11.3 Å². The molecule has 1 amide bonds. The summed E-state index contributed by atoms with van der Waals surface area (Å²) in [7, 11) is 0. The van der Waals surface area contributed by atoms with Crippen molar-refractivity contribution in [1.29, 1.82) is 0 Å². The lowest BCUT2D eigenvalue weighted by Crippen LogP contribution is -2.26. The minimum atomic E-state index is -2.94. The van der Waals surface area contributed by atoms with Crippen LogP contribution in [0.25, 0.3) is 11.3 Å². The summed E-state index contributed by atoms with van der Waals surface area (Å²) >= 11 is 0. The third kappa shape index (κ3) is 4.13. The Morgan fingerprint density at radius 3 is 2.58 bits per heavy atom. The molecule has 1 saturated carbocycles. The zero-order valence-electron chi connectivity index (χ0n) is 18.3. The van der Waals surface area contributed by atoms with Gasteiger partial charge in [0, 0.05) is 36.0 Å². The Bertz CT molecular complexity index is 1250. The van der Waals surface area contributed by atoms with Gasteiger partial charge >= 0.3 is 0 Å². The molecular weight excluding hydrogens is 426 g/mol. The van der Waals surface area contributed by atoms with Gasteiger partial charge in [-0.1, -0.05) is 32.0 Å². The fourth-order valence-electron chi connectivity index (χ4n) is 4.43. The maximum atomic E-state index is 13.3. The Morgan fingerprint density at radius 2 is 1.88 bits per heavy atom. The van der Waals surface area contributed by atoms with Crippen LogP contribution < -0.4 is 10.6 Å². The average molecular weight is 450 g/mol. The minimum Gasteiger partial charge on any atom is -0.356 e. The average Bonchev–Trinajstić information content (AvgIpc) is 3.25. The molecule has 0 aliphatic heterocycles. The van der Waals surface area contributed by atoms with Crippen molar-refractivity contribution in [2.75, 3.05) is 10.6 Å². The van der Waals surface area contributed by atoms with Crippen LogP contribution in [0.3, 0.4) is 0 Å². The van der Waals surface area contributed by atoms with Crippen LogP contribution in [-0.4, -0.2) is 27.6 Å². The van der Waals surface area contributed by atoms with Crippen LogP contribution in [0.15, 0.2) is 48.7 Å². The number of Topliss-reactive ketones (excluding diaryl/α,β-unsaturated/α-hetero) is 1. The number of amides is 1. The molecule has 3 aromatic rings. The molecule has 170 valence electrons. The number of carbonyl (C=O) groups is 2. The normalized spacial score (nSPS) is 20.1. The molecule has 0 radical (unpaired) electrons. The van der Waals surface area contributed by atoms with Gasteiger partial charge in [0.1, 0.15) is 11.7 Å². The third-order valence-electron chi connectivity index (χ3n) is 6.14. The van der Waals surface area contributed by atoms with Crippen molar-refractivity contribution in [2.45, 2.75) is 39.0 Å². The fraction of sp³-hybridized carbons (Fsp3) is 0.320. The van der Waals surface area contributed by atoms with Crippen molar-refractivity contribution in [3.63, 3.8) is 0 Å². The summed E-state index contributed by atoms with van der Waals surface area (Å²) in [6.45, 7) is 4.12. The number of aromatic nitrogens is 2. The first-order valence-corrected chi connectivity index (χ1v) is 10.9. The molecule has 3 N–H and O–H groups in total. The molecule has 6 nitrogen and oxygen atoms in total. The Labute approximate surface area is 189 Å². The second-order valence-electron chi connectivity index (χ2n) is 9.60. The van der Waals surface area contributed by atoms with E-state index in [1.165, 1.54) is 6.20 Å². The number of benzene rings is 1. The second kappa shape index (κ2) is 7.50. The summed E-state index contributed by atoms with van der Waals surface area (Å²) < 4.78 is 26.5. The molecule has 5 rings (SSSR count). The number of alkyl halides is 2. The number of nitrogens with one attached hydrogen (secondary N) is 3. The van der Waals surface area contributed by atoms with Crippen molar-refractivity contribution in [1.82, 2.24) is 9.97 Å². The van der Waals surface area contributed by atoms with Crippen LogP contribution in [0.2, 0.25) is 0 Å². The Morgan fingerprint density at radius 1 is 1.15 bits per heavy atom. The molecule has 33 heavy (non-hydrogen) atoms. The van der Waals surface area contributed by atoms with Crippen molar-refractivity contribution < 1.29 is 18.4 Å². The molecular formula is C25H24F2N4O2. The maximum absolute atomic E-state index is 13.3. The third-order valence-corrected chi connectivity index (χ3v) is 6.14. The fourth-order valence-corrected chi connectivity index (χ4v) is 4.43. The van der Waals surface area contributed by atoms with E-state index in [1.54, 1.807) is 12.1 Å². The van der Waals surface area contributed by atoms with E-state index in [9.17, 15) is 18.4 Å². The van der Waals surface area contributed by atoms with Crippen molar-refractivity contribution in [3.8, 4) is 11.3 Å². The molecule has 1 atom stereocenters. The van der Waals surface area contributed by atoms with Crippen LogP contribution in [-0.2, 0) is 11.2 Å². The SMILES string of the molecule is CC1(C)CC(=O)c2c([nH]c(-c3ccnc(NC(=O)C4CC4(F)F)c3)c2Nc2ccccc2)C1. The number of nitrogens with zero attached hydrogens (tertiary/aromatic N) is 1. The molecule has 2 aliphatic carbocycles. The van der Waals surface area contributed by atoms with Crippen molar-refractivity contribution in [2.24, 2.45) is 11.3 Å². The number of rotatable bonds is 5. The highest BCUT2D eigenvalue weighted by Crippen LogP contribution is 2.49. The van der Waals surface area contributed by atoms with Gasteiger partial charge in [-0.15, -0.1) is 0 Å². The zero-order valence-corrected chi connectivity index (χ0v) is 18.3. The van der Waals surface area contributed by atoms with Gasteiger partial charge in [0.2, 0.25) is 5.91 Å². The summed E-state index contributed by atoms with van der Waals surface area (Å²) in [5.41, 5.74) is 4.18. The number of carbonyl (C=O) groups excluding carboxylic acids is 2. The predicted octanol–water partition coefficient (Wildman–Crippen LogP) is 5.57. The van der Waals surface area contributed by atoms with Gasteiger partial charge in [-0.3, -0.25) is 9.59 Å². The first-order chi connectivity index (χ1) is 15.6. The summed E-state index contributed by atoms with van der Waals surface area (Å²) in [6.07, 6.45) is 2.22. The molecule has 0 saturated heterocycles. The van der Waals surface area contributed by atoms with Gasteiger partial charge in [0.05, 0.1) is 16.9 Å². The highest BCUT2D eigenvalue weighted by Gasteiger charge is 2.61. The molecule has 2 aromatic heterocycles. The summed E-state index contributed by atoms with van der Waals surface area (Å²) in [6, 6.07) is 12.9. The van der Waals surface area contributed by atoms with Crippen LogP contribution in [0.4, 0.5) is 26.0 Å². The Hall–Kier alpha value is -3.55. The van der Waals surface area contributed by atoms with E-state index >= 15 is 0 Å². The summed E-state index contributed by atoms with van der Waals surface area (Å²) in [4.78, 5) is 32.8. The van der Waals surface area contributed by atoms with E-state index in [-0.39, 0.29) is 17.0 Å². The number of fused-ring (bicyclic) bond motifs is 1. The first-order valence-electron chi connectivity index (χ1n) is 10.9. The highest BCUT2D eigenvalue weighted by atomic mass is 19.3. The molecule has 2 aliphatic rings. The van der Waals surface area contributed by atoms with Gasteiger partial charge < -0.3 is 15.6 Å². The summed E-state index contributed by atoms with van der Waals surface area (Å²) in [5, 5.41) is 5.87. The lowest BCUT2D eigenvalue weighted by Gasteiger charge is -2.28. The van der Waals surface area contributed by atoms with Gasteiger partial charge in [-0.25, -0.2) is 13.8 Å². The molecule has 1 aromatic carbocycles. The first kappa shape index (κ1) is 21.3. The molecule has 0 spiro atoms. The lowest BCUT2D eigenvalue weighted by atomic mass is 9.76. The molecule has 1 unspecified atom stereocenters. The van der Waals surface area contributed by atoms with Crippen LogP contribution in [0.1, 0.15) is 42.7 Å². The van der Waals surface area contributed by atoms with Crippen molar-refractivity contribution in [3.05, 3.63) is 59.9 Å². The summed E-state index contributed by atoms with van der Waals surface area (Å²) in [5.74, 6) is -4.75. The number of hydrogen-bond donors (Lipinski definition) is 3. The van der Waals surface area contributed by atoms with E-state index in [0.717, 1.165) is 11.4 Å². The monoisotopic (exact) mass is 450 g/mol. The molecule has 0 bridgehead atoms. The molecule has 2 heterocycles. The lowest BCUT2D eigenvalue weighted by molar-refractivity contribution is -0.119. The molecule has 8 heteroatoms. The van der Waals surface area contributed by atoms with E-state index < -0.39 is 24.2 Å². The maximum Gasteiger partial charge on any atom is 0.260 e. The van der Waals surface area contributed by atoms with Crippen molar-refractivity contribution >= 4 is 28.9 Å². The smallest absolute Gasteiger partial charge is 0.260 e. The number of ketones is 1. The van der Waals surface area contributed by atoms with Crippen LogP contribution in [0.5, 0.6) is 0 Å². The standard InChI is InChI=1S/C25H24F2N4O2/c1-24(2)12-17-20(18(32)13-24)22(29-15-6-4-3-5-7-15)21(30-17)14-8-9-28-19(10-14)31-23(33)16-11-25(16,26)27/h3-10,16,29-30H,11-13H2,1-2H3,(H,28,31,33). The van der Waals surface area contributed by atoms with E-state index in [0.29, 0.717) is 35.3 Å². The largest absolute Gasteiger partial charge is 0.356 e.